The van der Waals surface area contributed by atoms with Crippen LogP contribution in [0.2, 0.25) is 0 Å². The SMILES string of the molecule is NC1CCC2CN(CC3CCSC3)CC12. The van der Waals surface area contributed by atoms with Crippen LogP contribution >= 0.6 is 11.8 Å². The molecule has 86 valence electrons. The molecule has 1 aliphatic carbocycles. The van der Waals surface area contributed by atoms with E-state index in [2.05, 4.69) is 16.7 Å². The third-order valence-electron chi connectivity index (χ3n) is 4.53. The Kier molecular flexibility index (Phi) is 2.97. The predicted octanol–water partition coefficient (Wildman–Crippen LogP) is 1.41. The lowest BCUT2D eigenvalue weighted by atomic mass is 9.98. The molecule has 0 bridgehead atoms. The van der Waals surface area contributed by atoms with Gasteiger partial charge in [0.1, 0.15) is 0 Å². The van der Waals surface area contributed by atoms with Gasteiger partial charge in [0.2, 0.25) is 0 Å². The fourth-order valence-corrected chi connectivity index (χ4v) is 4.91. The van der Waals surface area contributed by atoms with Gasteiger partial charge in [-0.25, -0.2) is 0 Å². The number of nitrogens with zero attached hydrogens (tertiary/aromatic N) is 1. The smallest absolute Gasteiger partial charge is 0.00826 e. The van der Waals surface area contributed by atoms with Crippen LogP contribution in [0.1, 0.15) is 19.3 Å². The highest BCUT2D eigenvalue weighted by atomic mass is 32.2. The van der Waals surface area contributed by atoms with Gasteiger partial charge in [0.15, 0.2) is 0 Å². The third kappa shape index (κ3) is 2.06. The van der Waals surface area contributed by atoms with E-state index in [0.717, 1.165) is 17.8 Å². The van der Waals surface area contributed by atoms with E-state index in [1.165, 1.54) is 50.4 Å². The Hall–Kier alpha value is 0.270. The second-order valence-corrected chi connectivity index (χ2v) is 6.76. The highest BCUT2D eigenvalue weighted by Crippen LogP contribution is 2.38. The first-order chi connectivity index (χ1) is 7.33. The molecular formula is C12H22N2S. The van der Waals surface area contributed by atoms with Gasteiger partial charge < -0.3 is 10.6 Å². The molecule has 2 nitrogen and oxygen atoms in total. The fraction of sp³-hybridized carbons (Fsp3) is 1.00. The Morgan fingerprint density at radius 2 is 2.13 bits per heavy atom. The maximum atomic E-state index is 6.16. The molecule has 1 saturated carbocycles. The van der Waals surface area contributed by atoms with Gasteiger partial charge in [0, 0.05) is 25.7 Å². The third-order valence-corrected chi connectivity index (χ3v) is 5.76. The topological polar surface area (TPSA) is 29.3 Å². The maximum absolute atomic E-state index is 6.16. The van der Waals surface area contributed by atoms with Crippen molar-refractivity contribution in [2.24, 2.45) is 23.5 Å². The van der Waals surface area contributed by atoms with Gasteiger partial charge in [-0.2, -0.15) is 11.8 Å². The number of rotatable bonds is 2. The number of thioether (sulfide) groups is 1. The Labute approximate surface area is 97.0 Å². The minimum Gasteiger partial charge on any atom is -0.327 e. The fourth-order valence-electron chi connectivity index (χ4n) is 3.64. The van der Waals surface area contributed by atoms with E-state index in [1.54, 1.807) is 0 Å². The van der Waals surface area contributed by atoms with Crippen LogP contribution < -0.4 is 5.73 Å². The van der Waals surface area contributed by atoms with Crippen LogP contribution in [0.4, 0.5) is 0 Å². The van der Waals surface area contributed by atoms with Crippen LogP contribution in [0.15, 0.2) is 0 Å². The molecule has 2 N–H and O–H groups in total. The summed E-state index contributed by atoms with van der Waals surface area (Å²) in [6.45, 7) is 4.00. The summed E-state index contributed by atoms with van der Waals surface area (Å²) in [5.74, 6) is 5.54. The summed E-state index contributed by atoms with van der Waals surface area (Å²) in [6.07, 6.45) is 4.12. The first-order valence-corrected chi connectivity index (χ1v) is 7.54. The lowest BCUT2D eigenvalue weighted by Crippen LogP contribution is -2.32. The molecule has 0 aromatic rings. The number of likely N-dealkylation sites (tertiary alicyclic amines) is 1. The van der Waals surface area contributed by atoms with Gasteiger partial charge in [0.25, 0.3) is 0 Å². The molecule has 2 saturated heterocycles. The highest BCUT2D eigenvalue weighted by Gasteiger charge is 2.41. The molecule has 15 heavy (non-hydrogen) atoms. The number of fused-ring (bicyclic) bond motifs is 1. The molecule has 0 aromatic heterocycles. The molecule has 3 heteroatoms. The van der Waals surface area contributed by atoms with E-state index < -0.39 is 0 Å². The largest absolute Gasteiger partial charge is 0.327 e. The van der Waals surface area contributed by atoms with E-state index >= 15 is 0 Å². The molecule has 0 aromatic carbocycles. The summed E-state index contributed by atoms with van der Waals surface area (Å²) >= 11 is 2.14. The van der Waals surface area contributed by atoms with Crippen molar-refractivity contribution < 1.29 is 0 Å². The summed E-state index contributed by atoms with van der Waals surface area (Å²) in [7, 11) is 0. The Balaban J connectivity index is 1.53. The minimum absolute atomic E-state index is 0.512. The van der Waals surface area contributed by atoms with Crippen molar-refractivity contribution in [2.45, 2.75) is 25.3 Å². The molecule has 0 radical (unpaired) electrons. The minimum atomic E-state index is 0.512. The average Bonchev–Trinajstić information content (AvgIpc) is 2.88. The van der Waals surface area contributed by atoms with Crippen molar-refractivity contribution in [3.8, 4) is 0 Å². The van der Waals surface area contributed by atoms with Crippen LogP contribution in [0.25, 0.3) is 0 Å². The van der Waals surface area contributed by atoms with Crippen molar-refractivity contribution in [3.63, 3.8) is 0 Å². The molecule has 3 fully saturated rings. The van der Waals surface area contributed by atoms with Crippen molar-refractivity contribution in [1.29, 1.82) is 0 Å². The van der Waals surface area contributed by atoms with Gasteiger partial charge in [0.05, 0.1) is 0 Å². The zero-order chi connectivity index (χ0) is 10.3. The van der Waals surface area contributed by atoms with Gasteiger partial charge in [-0.3, -0.25) is 0 Å². The lowest BCUT2D eigenvalue weighted by Gasteiger charge is -2.21. The van der Waals surface area contributed by atoms with Crippen molar-refractivity contribution in [1.82, 2.24) is 4.90 Å². The molecule has 2 aliphatic heterocycles. The quantitative estimate of drug-likeness (QED) is 0.772. The number of nitrogens with two attached hydrogens (primary N) is 1. The molecule has 2 heterocycles. The van der Waals surface area contributed by atoms with E-state index in [4.69, 9.17) is 5.73 Å². The Morgan fingerprint density at radius 1 is 1.20 bits per heavy atom. The zero-order valence-electron chi connectivity index (χ0n) is 9.40. The zero-order valence-corrected chi connectivity index (χ0v) is 10.2. The van der Waals surface area contributed by atoms with E-state index in [9.17, 15) is 0 Å². The summed E-state index contributed by atoms with van der Waals surface area (Å²) in [5.41, 5.74) is 6.16. The van der Waals surface area contributed by atoms with E-state index in [0.29, 0.717) is 6.04 Å². The molecule has 4 atom stereocenters. The molecule has 3 aliphatic rings. The summed E-state index contributed by atoms with van der Waals surface area (Å²) in [6, 6.07) is 0.512. The second kappa shape index (κ2) is 4.27. The van der Waals surface area contributed by atoms with E-state index in [1.807, 2.05) is 0 Å². The Morgan fingerprint density at radius 3 is 2.87 bits per heavy atom. The molecule has 4 unspecified atom stereocenters. The predicted molar refractivity (Wildman–Crippen MR) is 66.1 cm³/mol. The molecular weight excluding hydrogens is 204 g/mol. The summed E-state index contributed by atoms with van der Waals surface area (Å²) < 4.78 is 0. The standard InChI is InChI=1S/C12H22N2S/c13-12-2-1-10-6-14(7-11(10)12)5-9-3-4-15-8-9/h9-12H,1-8,13H2. The number of hydrogen-bond donors (Lipinski definition) is 1. The van der Waals surface area contributed by atoms with Crippen LogP contribution in [-0.2, 0) is 0 Å². The van der Waals surface area contributed by atoms with Gasteiger partial charge in [-0.1, -0.05) is 0 Å². The van der Waals surface area contributed by atoms with Crippen molar-refractivity contribution in [3.05, 3.63) is 0 Å². The van der Waals surface area contributed by atoms with Crippen LogP contribution in [0.5, 0.6) is 0 Å². The normalized spacial score (nSPS) is 46.2. The Bertz CT molecular complexity index is 226. The molecule has 0 amide bonds. The first kappa shape index (κ1) is 10.4. The van der Waals surface area contributed by atoms with Gasteiger partial charge >= 0.3 is 0 Å². The summed E-state index contributed by atoms with van der Waals surface area (Å²) in [5, 5.41) is 0. The second-order valence-electron chi connectivity index (χ2n) is 5.61. The average molecular weight is 226 g/mol. The van der Waals surface area contributed by atoms with Gasteiger partial charge in [-0.05, 0) is 48.5 Å². The van der Waals surface area contributed by atoms with Crippen molar-refractivity contribution >= 4 is 11.8 Å². The first-order valence-electron chi connectivity index (χ1n) is 6.38. The van der Waals surface area contributed by atoms with E-state index in [-0.39, 0.29) is 0 Å². The lowest BCUT2D eigenvalue weighted by molar-refractivity contribution is 0.267. The van der Waals surface area contributed by atoms with Crippen LogP contribution in [0, 0.1) is 17.8 Å². The summed E-state index contributed by atoms with van der Waals surface area (Å²) in [4.78, 5) is 2.70. The van der Waals surface area contributed by atoms with Crippen LogP contribution in [0.3, 0.4) is 0 Å². The monoisotopic (exact) mass is 226 g/mol. The molecule has 0 spiro atoms. The van der Waals surface area contributed by atoms with Gasteiger partial charge in [-0.15, -0.1) is 0 Å². The number of hydrogen-bond acceptors (Lipinski definition) is 3. The highest BCUT2D eigenvalue weighted by molar-refractivity contribution is 7.99. The maximum Gasteiger partial charge on any atom is 0.00826 e. The molecule has 3 rings (SSSR count). The van der Waals surface area contributed by atoms with Crippen molar-refractivity contribution in [2.75, 3.05) is 31.1 Å². The van der Waals surface area contributed by atoms with Crippen LogP contribution in [-0.4, -0.2) is 42.1 Å².